The summed E-state index contributed by atoms with van der Waals surface area (Å²) in [4.78, 5) is 14.0. The maximum Gasteiger partial charge on any atom is 0.253 e. The van der Waals surface area contributed by atoms with Crippen molar-refractivity contribution in [3.8, 4) is 5.75 Å². The summed E-state index contributed by atoms with van der Waals surface area (Å²) in [5, 5.41) is 9.63. The Morgan fingerprint density at radius 2 is 2.17 bits per heavy atom. The number of aryl methyl sites for hydroxylation is 1. The summed E-state index contributed by atoms with van der Waals surface area (Å²) in [7, 11) is 1.82. The molecule has 1 aliphatic rings. The lowest BCUT2D eigenvalue weighted by Gasteiger charge is -2.34. The average Bonchev–Trinajstić information content (AvgIpc) is 2.26. The van der Waals surface area contributed by atoms with Gasteiger partial charge in [-0.15, -0.1) is 11.6 Å². The van der Waals surface area contributed by atoms with Crippen LogP contribution in [0.25, 0.3) is 0 Å². The van der Waals surface area contributed by atoms with Gasteiger partial charge >= 0.3 is 0 Å². The predicted octanol–water partition coefficient (Wildman–Crippen LogP) is 2.79. The van der Waals surface area contributed by atoms with Gasteiger partial charge in [0.25, 0.3) is 5.91 Å². The first-order valence-corrected chi connectivity index (χ1v) is 6.60. The van der Waals surface area contributed by atoms with Gasteiger partial charge in [-0.3, -0.25) is 4.79 Å². The van der Waals surface area contributed by atoms with Gasteiger partial charge in [0.1, 0.15) is 5.75 Å². The van der Waals surface area contributed by atoms with Gasteiger partial charge in [-0.25, -0.2) is 0 Å². The van der Waals surface area contributed by atoms with Crippen LogP contribution in [0.1, 0.15) is 28.8 Å². The van der Waals surface area contributed by atoms with E-state index in [1.807, 2.05) is 14.0 Å². The van der Waals surface area contributed by atoms with E-state index in [1.165, 1.54) is 0 Å². The van der Waals surface area contributed by atoms with E-state index >= 15 is 0 Å². The van der Waals surface area contributed by atoms with E-state index in [-0.39, 0.29) is 17.0 Å². The number of amides is 1. The summed E-state index contributed by atoms with van der Waals surface area (Å²) in [5.41, 5.74) is 1.45. The van der Waals surface area contributed by atoms with Crippen molar-refractivity contribution in [3.63, 3.8) is 0 Å². The number of halogens is 1. The first kappa shape index (κ1) is 13.2. The number of nitrogens with zero attached hydrogens (tertiary/aromatic N) is 1. The smallest absolute Gasteiger partial charge is 0.253 e. The number of aromatic hydroxyl groups is 1. The van der Waals surface area contributed by atoms with Crippen LogP contribution >= 0.6 is 11.6 Å². The van der Waals surface area contributed by atoms with Crippen molar-refractivity contribution in [2.24, 2.45) is 5.92 Å². The Bertz CT molecular complexity index is 455. The summed E-state index contributed by atoms with van der Waals surface area (Å²) < 4.78 is 0. The van der Waals surface area contributed by atoms with Crippen LogP contribution < -0.4 is 0 Å². The van der Waals surface area contributed by atoms with Crippen LogP contribution in [0.15, 0.2) is 18.2 Å². The molecule has 4 heteroatoms. The van der Waals surface area contributed by atoms with Crippen LogP contribution in [0.4, 0.5) is 0 Å². The van der Waals surface area contributed by atoms with Gasteiger partial charge in [0.05, 0.1) is 0 Å². The van der Waals surface area contributed by atoms with Crippen molar-refractivity contribution in [1.29, 1.82) is 0 Å². The normalized spacial score (nSPS) is 22.4. The number of carbonyl (C=O) groups is 1. The summed E-state index contributed by atoms with van der Waals surface area (Å²) in [6, 6.07) is 4.83. The number of phenolic OH excluding ortho intramolecular Hbond substituents is 1. The Hall–Kier alpha value is -1.22. The molecule has 1 amide bonds. The molecule has 0 saturated heterocycles. The van der Waals surface area contributed by atoms with E-state index in [9.17, 15) is 9.90 Å². The highest BCUT2D eigenvalue weighted by Gasteiger charge is 2.29. The Balaban J connectivity index is 2.01. The van der Waals surface area contributed by atoms with Crippen molar-refractivity contribution in [1.82, 2.24) is 4.90 Å². The molecule has 18 heavy (non-hydrogen) atoms. The number of hydrogen-bond acceptors (Lipinski definition) is 2. The minimum atomic E-state index is 0.00511. The molecule has 0 bridgehead atoms. The first-order chi connectivity index (χ1) is 8.47. The molecule has 0 atom stereocenters. The van der Waals surface area contributed by atoms with Crippen LogP contribution in [0, 0.1) is 12.8 Å². The van der Waals surface area contributed by atoms with Gasteiger partial charge in [-0.2, -0.15) is 0 Å². The molecule has 1 saturated carbocycles. The van der Waals surface area contributed by atoms with E-state index in [2.05, 4.69) is 0 Å². The predicted molar refractivity (Wildman–Crippen MR) is 72.2 cm³/mol. The standard InChI is InChI=1S/C14H18ClNO2/c1-9-5-12(17)3-4-13(9)14(18)16(2)8-10-6-11(15)7-10/h3-5,10-11,17H,6-8H2,1-2H3. The Morgan fingerprint density at radius 3 is 2.72 bits per heavy atom. The number of alkyl halides is 1. The zero-order chi connectivity index (χ0) is 13.3. The second-order valence-electron chi connectivity index (χ2n) is 5.12. The number of hydrogen-bond donors (Lipinski definition) is 1. The van der Waals surface area contributed by atoms with Gasteiger partial charge in [0, 0.05) is 24.5 Å². The lowest BCUT2D eigenvalue weighted by atomic mass is 9.84. The average molecular weight is 268 g/mol. The van der Waals surface area contributed by atoms with Gasteiger partial charge < -0.3 is 10.0 Å². The minimum absolute atomic E-state index is 0.00511. The largest absolute Gasteiger partial charge is 0.508 e. The van der Waals surface area contributed by atoms with Gasteiger partial charge in [-0.05, 0) is 49.4 Å². The van der Waals surface area contributed by atoms with Crippen molar-refractivity contribution in [2.75, 3.05) is 13.6 Å². The van der Waals surface area contributed by atoms with Crippen LogP contribution in [-0.4, -0.2) is 34.9 Å². The number of carbonyl (C=O) groups excluding carboxylic acids is 1. The van der Waals surface area contributed by atoms with Crippen LogP contribution in [-0.2, 0) is 0 Å². The van der Waals surface area contributed by atoms with Crippen LogP contribution in [0.5, 0.6) is 5.75 Å². The molecule has 98 valence electrons. The third kappa shape index (κ3) is 2.78. The van der Waals surface area contributed by atoms with E-state index in [1.54, 1.807) is 23.1 Å². The van der Waals surface area contributed by atoms with E-state index in [0.717, 1.165) is 24.9 Å². The minimum Gasteiger partial charge on any atom is -0.508 e. The molecule has 1 aliphatic carbocycles. The molecule has 0 aromatic heterocycles. The highest BCUT2D eigenvalue weighted by atomic mass is 35.5. The molecule has 0 unspecified atom stereocenters. The maximum atomic E-state index is 12.2. The fourth-order valence-electron chi connectivity index (χ4n) is 2.37. The second kappa shape index (κ2) is 5.19. The van der Waals surface area contributed by atoms with E-state index in [4.69, 9.17) is 11.6 Å². The second-order valence-corrected chi connectivity index (χ2v) is 5.74. The van der Waals surface area contributed by atoms with Crippen molar-refractivity contribution in [2.45, 2.75) is 25.1 Å². The maximum absolute atomic E-state index is 12.2. The quantitative estimate of drug-likeness (QED) is 0.856. The molecule has 0 radical (unpaired) electrons. The monoisotopic (exact) mass is 267 g/mol. The van der Waals surface area contributed by atoms with Crippen LogP contribution in [0.2, 0.25) is 0 Å². The molecule has 0 heterocycles. The molecule has 1 N–H and O–H groups in total. The van der Waals surface area contributed by atoms with Crippen molar-refractivity contribution < 1.29 is 9.90 Å². The molecule has 1 aromatic rings. The molecule has 2 rings (SSSR count). The molecule has 0 spiro atoms. The van der Waals surface area contributed by atoms with Crippen molar-refractivity contribution in [3.05, 3.63) is 29.3 Å². The summed E-state index contributed by atoms with van der Waals surface area (Å²) in [6.07, 6.45) is 1.99. The summed E-state index contributed by atoms with van der Waals surface area (Å²) in [5.74, 6) is 0.722. The van der Waals surface area contributed by atoms with E-state index in [0.29, 0.717) is 11.5 Å². The SMILES string of the molecule is Cc1cc(O)ccc1C(=O)N(C)CC1CC(Cl)C1. The highest BCUT2D eigenvalue weighted by molar-refractivity contribution is 6.21. The van der Waals surface area contributed by atoms with E-state index < -0.39 is 0 Å². The van der Waals surface area contributed by atoms with Gasteiger partial charge in [-0.1, -0.05) is 0 Å². The third-order valence-corrected chi connectivity index (χ3v) is 3.85. The number of phenols is 1. The summed E-state index contributed by atoms with van der Waals surface area (Å²) >= 11 is 5.94. The number of rotatable bonds is 3. The molecule has 3 nitrogen and oxygen atoms in total. The van der Waals surface area contributed by atoms with Gasteiger partial charge in [0.15, 0.2) is 0 Å². The molecule has 0 aliphatic heterocycles. The zero-order valence-corrected chi connectivity index (χ0v) is 11.4. The Morgan fingerprint density at radius 1 is 1.50 bits per heavy atom. The molecule has 1 aromatic carbocycles. The molecule has 1 fully saturated rings. The van der Waals surface area contributed by atoms with Gasteiger partial charge in [0.2, 0.25) is 0 Å². The van der Waals surface area contributed by atoms with Crippen molar-refractivity contribution >= 4 is 17.5 Å². The third-order valence-electron chi connectivity index (χ3n) is 3.50. The summed E-state index contributed by atoms with van der Waals surface area (Å²) in [6.45, 7) is 2.58. The fraction of sp³-hybridized carbons (Fsp3) is 0.500. The topological polar surface area (TPSA) is 40.5 Å². The molecular weight excluding hydrogens is 250 g/mol. The Kier molecular flexibility index (Phi) is 3.81. The Labute approximate surface area is 112 Å². The number of benzene rings is 1. The fourth-order valence-corrected chi connectivity index (χ4v) is 2.87. The van der Waals surface area contributed by atoms with Crippen LogP contribution in [0.3, 0.4) is 0 Å². The lowest BCUT2D eigenvalue weighted by Crippen LogP contribution is -2.38. The molecular formula is C14H18ClNO2. The zero-order valence-electron chi connectivity index (χ0n) is 10.7. The first-order valence-electron chi connectivity index (χ1n) is 6.16. The highest BCUT2D eigenvalue weighted by Crippen LogP contribution is 2.32. The lowest BCUT2D eigenvalue weighted by molar-refractivity contribution is 0.0746.